The van der Waals surface area contributed by atoms with Crippen molar-refractivity contribution in [2.75, 3.05) is 13.5 Å². The largest absolute Gasteiger partial charge is 0.485 e. The van der Waals surface area contributed by atoms with Crippen molar-refractivity contribution in [1.29, 1.82) is 0 Å². The van der Waals surface area contributed by atoms with Crippen molar-refractivity contribution in [2.45, 2.75) is 19.4 Å². The van der Waals surface area contributed by atoms with E-state index in [1.807, 2.05) is 0 Å². The van der Waals surface area contributed by atoms with Crippen LogP contribution in [-0.4, -0.2) is 13.5 Å². The Kier molecular flexibility index (Phi) is 2.08. The molecule has 0 aliphatic rings. The Hall–Kier alpha value is -1.80. The highest BCUT2D eigenvalue weighted by atomic mass is 16.5. The van der Waals surface area contributed by atoms with Crippen LogP contribution in [0.3, 0.4) is 0 Å². The lowest BCUT2D eigenvalue weighted by Crippen LogP contribution is -2.16. The number of benzene rings is 2. The summed E-state index contributed by atoms with van der Waals surface area (Å²) in [6.07, 6.45) is -1.12. The van der Waals surface area contributed by atoms with Gasteiger partial charge in [0.2, 0.25) is 0 Å². The Morgan fingerprint density at radius 2 is 2.11 bits per heavy atom. The molecule has 2 rings (SSSR count). The third-order valence-electron chi connectivity index (χ3n) is 2.58. The summed E-state index contributed by atoms with van der Waals surface area (Å²) in [4.78, 5) is 0. The molecule has 0 aromatic heterocycles. The molecule has 0 aliphatic heterocycles. The van der Waals surface area contributed by atoms with E-state index < -0.39 is 43.3 Å². The van der Waals surface area contributed by atoms with Crippen LogP contribution in [0, 0.1) is 6.92 Å². The van der Waals surface area contributed by atoms with E-state index in [2.05, 4.69) is 5.32 Å². The molecule has 2 nitrogen and oxygen atoms in total. The number of aryl methyl sites for hydroxylation is 1. The third kappa shape index (κ3) is 3.83. The van der Waals surface area contributed by atoms with Crippen LogP contribution >= 0.6 is 0 Å². The van der Waals surface area contributed by atoms with Crippen molar-refractivity contribution in [3.8, 4) is 5.75 Å². The first kappa shape index (κ1) is 5.68. The zero-order valence-electron chi connectivity index (χ0n) is 20.6. The first-order valence-corrected chi connectivity index (χ1v) is 5.90. The highest BCUT2D eigenvalue weighted by molar-refractivity contribution is 5.33. The average Bonchev–Trinajstić information content (AvgIpc) is 2.59. The highest BCUT2D eigenvalue weighted by Crippen LogP contribution is 2.26. The summed E-state index contributed by atoms with van der Waals surface area (Å²) in [5, 5.41) is 2.32. The fourth-order valence-corrected chi connectivity index (χ4v) is 1.61. The van der Waals surface area contributed by atoms with Gasteiger partial charge in [-0.25, -0.2) is 0 Å². The lowest BCUT2D eigenvalue weighted by atomic mass is 10.1. The fourth-order valence-electron chi connectivity index (χ4n) is 1.61. The van der Waals surface area contributed by atoms with Crippen LogP contribution in [0.5, 0.6) is 5.75 Å². The maximum atomic E-state index is 8.17. The maximum absolute atomic E-state index is 8.17. The SMILES string of the molecule is [2H]c1cc([2H])c(OC(CCNC([2H])([2H])[2H])c2c([2H])c([2H])c([2H])c([2H])c2[2H])c(C)c1. The second-order valence-corrected chi connectivity index (χ2v) is 3.97. The van der Waals surface area contributed by atoms with Gasteiger partial charge >= 0.3 is 0 Å². The van der Waals surface area contributed by atoms with E-state index in [9.17, 15) is 0 Å². The molecule has 100 valence electrons. The van der Waals surface area contributed by atoms with Crippen LogP contribution in [0.2, 0.25) is 0 Å². The number of rotatable bonds is 6. The van der Waals surface area contributed by atoms with Crippen LogP contribution < -0.4 is 10.1 Å². The summed E-state index contributed by atoms with van der Waals surface area (Å²) in [6.45, 7) is -0.856. The lowest BCUT2D eigenvalue weighted by molar-refractivity contribution is 0.193. The molecule has 2 aromatic carbocycles. The zero-order chi connectivity index (χ0) is 22.1. The molecule has 0 amide bonds. The first-order chi connectivity index (χ1) is 13.3. The van der Waals surface area contributed by atoms with Crippen molar-refractivity contribution in [1.82, 2.24) is 5.32 Å². The van der Waals surface area contributed by atoms with E-state index in [1.165, 1.54) is 12.1 Å². The van der Waals surface area contributed by atoms with Crippen LogP contribution in [0.1, 0.15) is 37.4 Å². The van der Waals surface area contributed by atoms with Gasteiger partial charge in [0.1, 0.15) is 11.9 Å². The van der Waals surface area contributed by atoms with Gasteiger partial charge in [-0.15, -0.1) is 0 Å². The summed E-state index contributed by atoms with van der Waals surface area (Å²) in [6, 6.07) is 0.283. The summed E-state index contributed by atoms with van der Waals surface area (Å²) in [5.74, 6) is 0.103. The molecule has 0 bridgehead atoms. The van der Waals surface area contributed by atoms with Crippen molar-refractivity contribution >= 4 is 0 Å². The number of nitrogens with one attached hydrogen (secondary N) is 1. The minimum absolute atomic E-state index is 0.0200. The molecule has 0 aliphatic carbocycles. The van der Waals surface area contributed by atoms with Crippen LogP contribution in [0.4, 0.5) is 0 Å². The Balaban J connectivity index is 2.52. The lowest BCUT2D eigenvalue weighted by Gasteiger charge is -2.20. The number of para-hydroxylation sites is 1. The quantitative estimate of drug-likeness (QED) is 0.859. The molecule has 1 unspecified atom stereocenters. The molecule has 0 saturated carbocycles. The maximum Gasteiger partial charge on any atom is 0.125 e. The third-order valence-corrected chi connectivity index (χ3v) is 2.58. The zero-order valence-corrected chi connectivity index (χ0v) is 10.6. The van der Waals surface area contributed by atoms with Gasteiger partial charge in [-0.1, -0.05) is 48.4 Å². The first-order valence-electron chi connectivity index (χ1n) is 10.9. The van der Waals surface area contributed by atoms with Crippen molar-refractivity contribution < 1.29 is 18.4 Å². The molecule has 1 N–H and O–H groups in total. The molecule has 2 aromatic rings. The predicted octanol–water partition coefficient (Wildman–Crippen LogP) is 3.72. The Bertz CT molecular complexity index is 860. The van der Waals surface area contributed by atoms with Crippen LogP contribution in [-0.2, 0) is 0 Å². The predicted molar refractivity (Wildman–Crippen MR) is 79.5 cm³/mol. The molecule has 0 fully saturated rings. The van der Waals surface area contributed by atoms with E-state index in [0.717, 1.165) is 0 Å². The molecule has 19 heavy (non-hydrogen) atoms. The van der Waals surface area contributed by atoms with E-state index in [4.69, 9.17) is 18.4 Å². The molecule has 2 heteroatoms. The van der Waals surface area contributed by atoms with Crippen molar-refractivity contribution in [2.24, 2.45) is 0 Å². The molecule has 0 radical (unpaired) electrons. The fraction of sp³-hybridized carbons (Fsp3) is 0.294. The number of hydrogen-bond acceptors (Lipinski definition) is 2. The Labute approximate surface area is 129 Å². The van der Waals surface area contributed by atoms with Gasteiger partial charge < -0.3 is 10.1 Å². The minimum Gasteiger partial charge on any atom is -0.485 e. The van der Waals surface area contributed by atoms with Gasteiger partial charge in [0, 0.05) is 10.5 Å². The number of ether oxygens (including phenoxy) is 1. The monoisotopic (exact) mass is 265 g/mol. The second kappa shape index (κ2) is 6.95. The summed E-state index contributed by atoms with van der Waals surface area (Å²) >= 11 is 0. The molecule has 0 saturated heterocycles. The Morgan fingerprint density at radius 3 is 2.84 bits per heavy atom. The highest BCUT2D eigenvalue weighted by Gasteiger charge is 2.13. The van der Waals surface area contributed by atoms with E-state index in [1.54, 1.807) is 6.92 Å². The van der Waals surface area contributed by atoms with E-state index in [-0.39, 0.29) is 36.4 Å². The van der Waals surface area contributed by atoms with Gasteiger partial charge in [0.25, 0.3) is 0 Å². The number of hydrogen-bond donors (Lipinski definition) is 1. The van der Waals surface area contributed by atoms with Gasteiger partial charge in [-0.3, -0.25) is 0 Å². The summed E-state index contributed by atoms with van der Waals surface area (Å²) in [5.41, 5.74) is 0.362. The normalized spacial score (nSPS) is 20.3. The average molecular weight is 265 g/mol. The molecule has 1 atom stereocenters. The molecular weight excluding hydrogens is 234 g/mol. The second-order valence-electron chi connectivity index (χ2n) is 3.97. The Morgan fingerprint density at radius 1 is 1.26 bits per heavy atom. The topological polar surface area (TPSA) is 21.3 Å². The van der Waals surface area contributed by atoms with Gasteiger partial charge in [-0.2, -0.15) is 0 Å². The van der Waals surface area contributed by atoms with Gasteiger partial charge in [-0.05, 0) is 37.6 Å². The summed E-state index contributed by atoms with van der Waals surface area (Å²) < 4.78 is 83.2. The van der Waals surface area contributed by atoms with E-state index >= 15 is 0 Å². The van der Waals surface area contributed by atoms with Crippen molar-refractivity contribution in [3.63, 3.8) is 0 Å². The van der Waals surface area contributed by atoms with Crippen LogP contribution in [0.25, 0.3) is 0 Å². The van der Waals surface area contributed by atoms with Crippen molar-refractivity contribution in [3.05, 3.63) is 65.6 Å². The van der Waals surface area contributed by atoms with Gasteiger partial charge in [0.05, 0.1) is 9.60 Å². The molecule has 0 spiro atoms. The standard InChI is InChI=1S/C17H21NO/c1-14-8-6-7-11-16(14)19-17(12-13-18-2)15-9-4-3-5-10-15/h3-11,17-18H,12-13H2,1-2H3/i2D3,3D,4D,5D,6D,9D,10D,11D. The summed E-state index contributed by atoms with van der Waals surface area (Å²) in [7, 11) is 0. The van der Waals surface area contributed by atoms with Gasteiger partial charge in [0.15, 0.2) is 0 Å². The van der Waals surface area contributed by atoms with E-state index in [0.29, 0.717) is 5.56 Å². The minimum atomic E-state index is -2.41. The molecule has 0 heterocycles. The van der Waals surface area contributed by atoms with Crippen LogP contribution in [0.15, 0.2) is 54.4 Å². The molecular formula is C17H21NO. The smallest absolute Gasteiger partial charge is 0.125 e.